The molecule has 0 aromatic rings. The lowest BCUT2D eigenvalue weighted by Crippen LogP contribution is -2.65. The molecule has 0 spiro atoms. The average Bonchev–Trinajstić information content (AvgIpc) is 3.01. The largest absolute Gasteiger partial charge is 0.456 e. The minimum absolute atomic E-state index is 0.0284. The van der Waals surface area contributed by atoms with Gasteiger partial charge in [0.25, 0.3) is 0 Å². The monoisotopic (exact) mass is 558 g/mol. The zero-order valence-corrected chi connectivity index (χ0v) is 25.3. The predicted octanol–water partition coefficient (Wildman–Crippen LogP) is 3.50. The van der Waals surface area contributed by atoms with E-state index >= 15 is 0 Å². The molecule has 0 aromatic carbocycles. The Morgan fingerprint density at radius 3 is 2.23 bits per heavy atom. The number of ketones is 3. The molecule has 4 aliphatic carbocycles. The van der Waals surface area contributed by atoms with Gasteiger partial charge >= 0.3 is 5.97 Å². The van der Waals surface area contributed by atoms with Crippen LogP contribution >= 0.6 is 0 Å². The van der Waals surface area contributed by atoms with Crippen LogP contribution in [0.5, 0.6) is 0 Å². The summed E-state index contributed by atoms with van der Waals surface area (Å²) in [5.74, 6) is -2.85. The first-order valence-corrected chi connectivity index (χ1v) is 14.4. The fourth-order valence-corrected chi connectivity index (χ4v) is 9.40. The van der Waals surface area contributed by atoms with Crippen LogP contribution in [0.3, 0.4) is 0 Å². The molecule has 0 bridgehead atoms. The van der Waals surface area contributed by atoms with E-state index in [1.54, 1.807) is 13.8 Å². The van der Waals surface area contributed by atoms with Gasteiger partial charge in [0, 0.05) is 30.1 Å². The van der Waals surface area contributed by atoms with Crippen molar-refractivity contribution in [3.8, 4) is 0 Å². The number of rotatable bonds is 5. The Balaban J connectivity index is 1.75. The van der Waals surface area contributed by atoms with Crippen LogP contribution in [0.25, 0.3) is 0 Å². The SMILES string of the molecule is CC(=O)OC(C)(C)/C=C/C(=O)[C@](C)(O)[C@H]1[C@H](O)C[C@]2(C)[C@H]3CC=C4[C@@H](C[C@H](O)C(=O)C4(C)C)[C@@]3(C)C(=O)C[C@@]12C. The number of aliphatic hydroxyl groups excluding tert-OH is 2. The summed E-state index contributed by atoms with van der Waals surface area (Å²) >= 11 is 0. The van der Waals surface area contributed by atoms with Gasteiger partial charge in [0.05, 0.1) is 6.10 Å². The maximum atomic E-state index is 14.3. The molecule has 0 amide bonds. The second-order valence-electron chi connectivity index (χ2n) is 14.8. The molecule has 4 rings (SSSR count). The number of ether oxygens (including phenoxy) is 1. The van der Waals surface area contributed by atoms with Crippen LogP contribution in [-0.4, -0.2) is 62.0 Å². The number of Topliss-reactive ketones (excluding diaryl/α,β-unsaturated/α-hetero) is 2. The Kier molecular flexibility index (Phi) is 7.06. The molecule has 3 saturated carbocycles. The van der Waals surface area contributed by atoms with E-state index in [2.05, 4.69) is 13.0 Å². The highest BCUT2D eigenvalue weighted by Gasteiger charge is 2.74. The molecule has 3 fully saturated rings. The van der Waals surface area contributed by atoms with Gasteiger partial charge in [-0.15, -0.1) is 0 Å². The first kappa shape index (κ1) is 30.8. The van der Waals surface area contributed by atoms with Crippen molar-refractivity contribution in [2.24, 2.45) is 39.4 Å². The molecule has 0 aliphatic heterocycles. The fraction of sp³-hybridized carbons (Fsp3) is 0.750. The fourth-order valence-electron chi connectivity index (χ4n) is 9.40. The number of fused-ring (bicyclic) bond motifs is 5. The predicted molar refractivity (Wildman–Crippen MR) is 148 cm³/mol. The summed E-state index contributed by atoms with van der Waals surface area (Å²) in [7, 11) is 0. The minimum Gasteiger partial charge on any atom is -0.456 e. The van der Waals surface area contributed by atoms with Gasteiger partial charge in [-0.3, -0.25) is 19.2 Å². The van der Waals surface area contributed by atoms with Crippen molar-refractivity contribution in [2.75, 3.05) is 0 Å². The molecule has 222 valence electrons. The van der Waals surface area contributed by atoms with Crippen molar-refractivity contribution in [3.05, 3.63) is 23.8 Å². The van der Waals surface area contributed by atoms with Crippen molar-refractivity contribution in [1.82, 2.24) is 0 Å². The molecule has 9 atom stereocenters. The molecule has 3 N–H and O–H groups in total. The number of hydrogen-bond acceptors (Lipinski definition) is 8. The van der Waals surface area contributed by atoms with Gasteiger partial charge in [-0.25, -0.2) is 0 Å². The molecular formula is C32H46O8. The number of esters is 1. The lowest BCUT2D eigenvalue weighted by Gasteiger charge is -2.64. The van der Waals surface area contributed by atoms with Crippen LogP contribution < -0.4 is 0 Å². The van der Waals surface area contributed by atoms with E-state index < -0.39 is 62.7 Å². The van der Waals surface area contributed by atoms with Crippen LogP contribution in [0.1, 0.15) is 88.0 Å². The molecule has 0 radical (unpaired) electrons. The Bertz CT molecular complexity index is 1210. The number of carbonyl (C=O) groups excluding carboxylic acids is 4. The summed E-state index contributed by atoms with van der Waals surface area (Å²) in [4.78, 5) is 52.1. The lowest BCUT2D eigenvalue weighted by molar-refractivity contribution is -0.183. The third-order valence-electron chi connectivity index (χ3n) is 11.5. The minimum atomic E-state index is -1.99. The van der Waals surface area contributed by atoms with E-state index in [-0.39, 0.29) is 36.2 Å². The first-order valence-electron chi connectivity index (χ1n) is 14.4. The summed E-state index contributed by atoms with van der Waals surface area (Å²) in [5.41, 5.74) is -5.43. The zero-order chi connectivity index (χ0) is 30.4. The quantitative estimate of drug-likeness (QED) is 0.265. The van der Waals surface area contributed by atoms with Crippen LogP contribution in [-0.2, 0) is 23.9 Å². The summed E-state index contributed by atoms with van der Waals surface area (Å²) in [6.07, 6.45) is 3.55. The van der Waals surface area contributed by atoms with Gasteiger partial charge < -0.3 is 20.1 Å². The Labute approximate surface area is 237 Å². The maximum Gasteiger partial charge on any atom is 0.303 e. The molecule has 0 saturated heterocycles. The van der Waals surface area contributed by atoms with E-state index in [1.807, 2.05) is 27.7 Å². The second-order valence-corrected chi connectivity index (χ2v) is 14.8. The lowest BCUT2D eigenvalue weighted by atomic mass is 9.38. The van der Waals surface area contributed by atoms with Gasteiger partial charge in [0.15, 0.2) is 11.6 Å². The van der Waals surface area contributed by atoms with Gasteiger partial charge in [-0.05, 0) is 88.7 Å². The normalized spacial score (nSPS) is 42.4. The van der Waals surface area contributed by atoms with E-state index in [9.17, 15) is 34.5 Å². The molecule has 4 aliphatic rings. The Morgan fingerprint density at radius 2 is 1.65 bits per heavy atom. The third-order valence-corrected chi connectivity index (χ3v) is 11.5. The van der Waals surface area contributed by atoms with Crippen LogP contribution in [0.4, 0.5) is 0 Å². The summed E-state index contributed by atoms with van der Waals surface area (Å²) in [6.45, 7) is 15.4. The van der Waals surface area contributed by atoms with Crippen molar-refractivity contribution in [3.63, 3.8) is 0 Å². The number of allylic oxidation sites excluding steroid dienone is 2. The highest BCUT2D eigenvalue weighted by Crippen LogP contribution is 2.74. The van der Waals surface area contributed by atoms with Crippen LogP contribution in [0.15, 0.2) is 23.8 Å². The van der Waals surface area contributed by atoms with E-state index in [0.717, 1.165) is 5.57 Å². The van der Waals surface area contributed by atoms with E-state index in [0.29, 0.717) is 12.8 Å². The summed E-state index contributed by atoms with van der Waals surface area (Å²) < 4.78 is 5.23. The van der Waals surface area contributed by atoms with Crippen LogP contribution in [0, 0.1) is 39.4 Å². The maximum absolute atomic E-state index is 14.3. The number of hydrogen-bond donors (Lipinski definition) is 3. The van der Waals surface area contributed by atoms with E-state index in [1.165, 1.54) is 26.0 Å². The van der Waals surface area contributed by atoms with Crippen molar-refractivity contribution in [1.29, 1.82) is 0 Å². The van der Waals surface area contributed by atoms with Gasteiger partial charge in [-0.2, -0.15) is 0 Å². The highest BCUT2D eigenvalue weighted by molar-refractivity contribution is 5.98. The second kappa shape index (κ2) is 9.17. The molecule has 8 heteroatoms. The first-order chi connectivity index (χ1) is 18.1. The molecule has 40 heavy (non-hydrogen) atoms. The van der Waals surface area contributed by atoms with Gasteiger partial charge in [0.1, 0.15) is 23.1 Å². The highest BCUT2D eigenvalue weighted by atomic mass is 16.6. The molecular weight excluding hydrogens is 512 g/mol. The molecule has 8 nitrogen and oxygen atoms in total. The Hall–Kier alpha value is -2.16. The van der Waals surface area contributed by atoms with Gasteiger partial charge in [0.2, 0.25) is 0 Å². The van der Waals surface area contributed by atoms with Crippen molar-refractivity contribution >= 4 is 23.3 Å². The van der Waals surface area contributed by atoms with Gasteiger partial charge in [-0.1, -0.05) is 32.4 Å². The zero-order valence-electron chi connectivity index (χ0n) is 25.3. The number of carbonyl (C=O) groups is 4. The Morgan fingerprint density at radius 1 is 1.05 bits per heavy atom. The topological polar surface area (TPSA) is 138 Å². The van der Waals surface area contributed by atoms with Crippen molar-refractivity contribution < 1.29 is 39.2 Å². The third kappa shape index (κ3) is 4.11. The smallest absolute Gasteiger partial charge is 0.303 e. The summed E-state index contributed by atoms with van der Waals surface area (Å²) in [6, 6.07) is 0. The molecule has 0 aromatic heterocycles. The number of aliphatic hydroxyl groups is 3. The molecule has 0 unspecified atom stereocenters. The van der Waals surface area contributed by atoms with Crippen molar-refractivity contribution in [2.45, 2.75) is 111 Å². The molecule has 0 heterocycles. The van der Waals surface area contributed by atoms with Crippen LogP contribution in [0.2, 0.25) is 0 Å². The standard InChI is InChI=1S/C32H46O8/c1-17(33)40-27(2,3)13-12-23(36)32(9,39)25-21(35)15-29(6)22-11-10-18-19(14-20(34)26(38)28(18,4)5)31(22,8)24(37)16-30(25,29)7/h10,12-13,19-22,25,34-35,39H,11,14-16H2,1-9H3/b13-12+/t19-,20+,21-,22-,25+,29-,30+,31-,32+/m1/s1. The average molecular weight is 559 g/mol. The summed E-state index contributed by atoms with van der Waals surface area (Å²) in [5, 5.41) is 34.0. The van der Waals surface area contributed by atoms with E-state index in [4.69, 9.17) is 4.74 Å².